The highest BCUT2D eigenvalue weighted by Crippen LogP contribution is 2.29. The van der Waals surface area contributed by atoms with E-state index in [0.717, 1.165) is 18.4 Å². The lowest BCUT2D eigenvalue weighted by Crippen LogP contribution is -2.32. The van der Waals surface area contributed by atoms with Gasteiger partial charge in [-0.3, -0.25) is 0 Å². The molecule has 3 unspecified atom stereocenters. The first-order valence-electron chi connectivity index (χ1n) is 7.46. The largest absolute Gasteiger partial charge is 0.309 e. The molecule has 102 valence electrons. The molecule has 1 aliphatic rings. The van der Waals surface area contributed by atoms with Gasteiger partial charge in [0.1, 0.15) is 0 Å². The van der Waals surface area contributed by atoms with Crippen LogP contribution < -0.4 is 5.32 Å². The van der Waals surface area contributed by atoms with Crippen molar-refractivity contribution in [2.45, 2.75) is 45.1 Å². The average Bonchev–Trinajstić information content (AvgIpc) is 2.46. The highest BCUT2D eigenvalue weighted by molar-refractivity contribution is 5.19. The van der Waals surface area contributed by atoms with E-state index in [-0.39, 0.29) is 6.04 Å². The molecular weight excluding hydrogens is 232 g/mol. The molecule has 3 atom stereocenters. The molecule has 1 N–H and O–H groups in total. The van der Waals surface area contributed by atoms with Crippen LogP contribution >= 0.6 is 0 Å². The molecule has 0 bridgehead atoms. The zero-order valence-electron chi connectivity index (χ0n) is 11.8. The van der Waals surface area contributed by atoms with E-state index in [9.17, 15) is 0 Å². The summed E-state index contributed by atoms with van der Waals surface area (Å²) in [6.45, 7) is 3.41. The summed E-state index contributed by atoms with van der Waals surface area (Å²) in [4.78, 5) is 0. The predicted octanol–water partition coefficient (Wildman–Crippen LogP) is 4.06. The van der Waals surface area contributed by atoms with Crippen LogP contribution in [0.2, 0.25) is 0 Å². The molecule has 1 aromatic carbocycles. The summed E-state index contributed by atoms with van der Waals surface area (Å²) in [6.07, 6.45) is 6.00. The van der Waals surface area contributed by atoms with E-state index in [1.165, 1.54) is 31.2 Å². The first kappa shape index (κ1) is 14.1. The lowest BCUT2D eigenvalue weighted by atomic mass is 9.80. The summed E-state index contributed by atoms with van der Waals surface area (Å²) < 4.78 is 0. The molecule has 0 amide bonds. The third-order valence-electron chi connectivity index (χ3n) is 4.41. The van der Waals surface area contributed by atoms with E-state index >= 15 is 0 Å². The van der Waals surface area contributed by atoms with Crippen molar-refractivity contribution in [3.63, 3.8) is 0 Å². The molecule has 0 saturated heterocycles. The molecule has 1 saturated carbocycles. The monoisotopic (exact) mass is 256 g/mol. The lowest BCUT2D eigenvalue weighted by Gasteiger charge is -2.30. The van der Waals surface area contributed by atoms with Crippen LogP contribution in [0.4, 0.5) is 0 Å². The Morgan fingerprint density at radius 1 is 1.26 bits per heavy atom. The van der Waals surface area contributed by atoms with Crippen LogP contribution in [0.3, 0.4) is 0 Å². The molecular formula is C17H24N2. The van der Waals surface area contributed by atoms with Gasteiger partial charge in [0.05, 0.1) is 12.5 Å². The van der Waals surface area contributed by atoms with Gasteiger partial charge in [-0.25, -0.2) is 0 Å². The molecule has 0 aromatic heterocycles. The molecule has 2 rings (SSSR count). The fraction of sp³-hybridized carbons (Fsp3) is 0.588. The fourth-order valence-electron chi connectivity index (χ4n) is 3.07. The van der Waals surface area contributed by atoms with Crippen molar-refractivity contribution in [3.8, 4) is 6.07 Å². The summed E-state index contributed by atoms with van der Waals surface area (Å²) in [7, 11) is 0. The van der Waals surface area contributed by atoms with Crippen LogP contribution in [0.5, 0.6) is 0 Å². The maximum atomic E-state index is 9.00. The zero-order chi connectivity index (χ0) is 13.5. The van der Waals surface area contributed by atoms with Gasteiger partial charge in [-0.15, -0.1) is 0 Å². The van der Waals surface area contributed by atoms with Gasteiger partial charge in [0.25, 0.3) is 0 Å². The van der Waals surface area contributed by atoms with Crippen LogP contribution in [0.25, 0.3) is 0 Å². The standard InChI is InChI=1S/C17H24N2/c1-14-7-5-6-10-16(14)13-19-17(11-12-18)15-8-3-2-4-9-15/h2-4,8-9,14,16-17,19H,5-7,10-11,13H2,1H3. The number of nitrogens with one attached hydrogen (secondary N) is 1. The Labute approximate surface area is 116 Å². The molecule has 19 heavy (non-hydrogen) atoms. The number of nitriles is 1. The number of rotatable bonds is 5. The minimum Gasteiger partial charge on any atom is -0.309 e. The van der Waals surface area contributed by atoms with Crippen molar-refractivity contribution < 1.29 is 0 Å². The quantitative estimate of drug-likeness (QED) is 0.862. The molecule has 1 aromatic rings. The Kier molecular flexibility index (Phi) is 5.42. The molecule has 0 aliphatic heterocycles. The molecule has 2 nitrogen and oxygen atoms in total. The third kappa shape index (κ3) is 4.08. The van der Waals surface area contributed by atoms with E-state index in [0.29, 0.717) is 6.42 Å². The van der Waals surface area contributed by atoms with Crippen molar-refractivity contribution in [1.29, 1.82) is 5.26 Å². The van der Waals surface area contributed by atoms with Crippen LogP contribution in [-0.4, -0.2) is 6.54 Å². The SMILES string of the molecule is CC1CCCCC1CNC(CC#N)c1ccccc1. The Balaban J connectivity index is 1.92. The van der Waals surface area contributed by atoms with Gasteiger partial charge in [-0.1, -0.05) is 56.5 Å². The normalized spacial score (nSPS) is 24.6. The number of benzene rings is 1. The zero-order valence-corrected chi connectivity index (χ0v) is 11.8. The second kappa shape index (κ2) is 7.31. The van der Waals surface area contributed by atoms with Crippen molar-refractivity contribution in [1.82, 2.24) is 5.32 Å². The van der Waals surface area contributed by atoms with Gasteiger partial charge in [0.15, 0.2) is 0 Å². The summed E-state index contributed by atoms with van der Waals surface area (Å²) in [6, 6.07) is 12.8. The molecule has 0 heterocycles. The van der Waals surface area contributed by atoms with E-state index in [2.05, 4.69) is 30.4 Å². The molecule has 1 fully saturated rings. The first-order chi connectivity index (χ1) is 9.31. The number of hydrogen-bond acceptors (Lipinski definition) is 2. The first-order valence-corrected chi connectivity index (χ1v) is 7.46. The second-order valence-electron chi connectivity index (χ2n) is 5.76. The van der Waals surface area contributed by atoms with E-state index < -0.39 is 0 Å². The molecule has 0 spiro atoms. The summed E-state index contributed by atoms with van der Waals surface area (Å²) in [5, 5.41) is 12.6. The Morgan fingerprint density at radius 3 is 2.68 bits per heavy atom. The topological polar surface area (TPSA) is 35.8 Å². The van der Waals surface area contributed by atoms with Crippen LogP contribution in [0, 0.1) is 23.2 Å². The lowest BCUT2D eigenvalue weighted by molar-refractivity contribution is 0.241. The third-order valence-corrected chi connectivity index (χ3v) is 4.41. The molecule has 2 heteroatoms. The van der Waals surface area contributed by atoms with E-state index in [1.807, 2.05) is 18.2 Å². The number of nitrogens with zero attached hydrogens (tertiary/aromatic N) is 1. The fourth-order valence-corrected chi connectivity index (χ4v) is 3.07. The van der Waals surface area contributed by atoms with Crippen molar-refractivity contribution in [3.05, 3.63) is 35.9 Å². The van der Waals surface area contributed by atoms with Gasteiger partial charge in [0, 0.05) is 6.04 Å². The summed E-state index contributed by atoms with van der Waals surface area (Å²) >= 11 is 0. The van der Waals surface area contributed by atoms with Gasteiger partial charge in [-0.2, -0.15) is 5.26 Å². The summed E-state index contributed by atoms with van der Waals surface area (Å²) in [5.74, 6) is 1.60. The summed E-state index contributed by atoms with van der Waals surface area (Å²) in [5.41, 5.74) is 1.23. The predicted molar refractivity (Wildman–Crippen MR) is 78.5 cm³/mol. The van der Waals surface area contributed by atoms with E-state index in [4.69, 9.17) is 5.26 Å². The molecule has 1 aliphatic carbocycles. The molecule has 0 radical (unpaired) electrons. The van der Waals surface area contributed by atoms with Crippen LogP contribution in [0.15, 0.2) is 30.3 Å². The number of hydrogen-bond donors (Lipinski definition) is 1. The van der Waals surface area contributed by atoms with E-state index in [1.54, 1.807) is 0 Å². The van der Waals surface area contributed by atoms with Crippen LogP contribution in [0.1, 0.15) is 50.6 Å². The maximum Gasteiger partial charge on any atom is 0.0641 e. The van der Waals surface area contributed by atoms with Gasteiger partial charge in [0.2, 0.25) is 0 Å². The minimum atomic E-state index is 0.181. The van der Waals surface area contributed by atoms with Gasteiger partial charge < -0.3 is 5.32 Å². The smallest absolute Gasteiger partial charge is 0.0641 e. The Hall–Kier alpha value is -1.33. The highest BCUT2D eigenvalue weighted by atomic mass is 14.9. The van der Waals surface area contributed by atoms with Crippen molar-refractivity contribution in [2.24, 2.45) is 11.8 Å². The van der Waals surface area contributed by atoms with Crippen molar-refractivity contribution >= 4 is 0 Å². The van der Waals surface area contributed by atoms with Crippen LogP contribution in [-0.2, 0) is 0 Å². The maximum absolute atomic E-state index is 9.00. The second-order valence-corrected chi connectivity index (χ2v) is 5.76. The van der Waals surface area contributed by atoms with Gasteiger partial charge in [-0.05, 0) is 30.4 Å². The average molecular weight is 256 g/mol. The minimum absolute atomic E-state index is 0.181. The van der Waals surface area contributed by atoms with Crippen molar-refractivity contribution in [2.75, 3.05) is 6.54 Å². The highest BCUT2D eigenvalue weighted by Gasteiger charge is 2.22. The van der Waals surface area contributed by atoms with Gasteiger partial charge >= 0.3 is 0 Å². The Bertz CT molecular complexity index is 407. The Morgan fingerprint density at radius 2 is 2.00 bits per heavy atom.